The first kappa shape index (κ1) is 19.7. The topological polar surface area (TPSA) is 81.5 Å². The molecule has 2 aliphatic heterocycles. The number of aryl methyl sites for hydroxylation is 1. The molecule has 29 heavy (non-hydrogen) atoms. The number of amides is 1. The number of hydrogen-bond acceptors (Lipinski definition) is 6. The summed E-state index contributed by atoms with van der Waals surface area (Å²) in [7, 11) is 0. The largest absolute Gasteiger partial charge is 0.456 e. The molecule has 0 bridgehead atoms. The molecule has 4 rings (SSSR count). The number of carbonyl (C=O) groups is 3. The zero-order valence-corrected chi connectivity index (χ0v) is 17.5. The van der Waals surface area contributed by atoms with E-state index in [1.54, 1.807) is 28.9 Å². The van der Waals surface area contributed by atoms with Crippen LogP contribution < -0.4 is 0 Å². The minimum absolute atomic E-state index is 0.0234. The molecule has 0 radical (unpaired) electrons. The molecular weight excluding hydrogens is 390 g/mol. The average Bonchev–Trinajstić information content (AvgIpc) is 3.31. The summed E-state index contributed by atoms with van der Waals surface area (Å²) in [5.41, 5.74) is 2.13. The number of hydrogen-bond donors (Lipinski definition) is 0. The molecule has 0 N–H and O–H groups in total. The van der Waals surface area contributed by atoms with Gasteiger partial charge in [-0.05, 0) is 45.4 Å². The molecular formula is C21H23N3O4S. The van der Waals surface area contributed by atoms with Crippen molar-refractivity contribution in [2.45, 2.75) is 44.5 Å². The summed E-state index contributed by atoms with van der Waals surface area (Å²) < 4.78 is 7.23. The van der Waals surface area contributed by atoms with E-state index in [1.165, 1.54) is 0 Å². The van der Waals surface area contributed by atoms with Gasteiger partial charge < -0.3 is 14.2 Å². The highest BCUT2D eigenvalue weighted by Crippen LogP contribution is 2.47. The van der Waals surface area contributed by atoms with E-state index in [0.717, 1.165) is 23.6 Å². The maximum atomic E-state index is 12.7. The second-order valence-corrected chi connectivity index (χ2v) is 9.11. The lowest BCUT2D eigenvalue weighted by Gasteiger charge is -2.29. The van der Waals surface area contributed by atoms with Crippen LogP contribution in [-0.2, 0) is 14.3 Å². The summed E-state index contributed by atoms with van der Waals surface area (Å²) in [4.78, 5) is 43.2. The van der Waals surface area contributed by atoms with Crippen LogP contribution in [0, 0.1) is 13.8 Å². The van der Waals surface area contributed by atoms with Crippen molar-refractivity contribution in [2.24, 2.45) is 0 Å². The number of ether oxygens (including phenoxy) is 1. The molecule has 0 aliphatic carbocycles. The second kappa shape index (κ2) is 7.33. The lowest BCUT2D eigenvalue weighted by Crippen LogP contribution is -2.46. The van der Waals surface area contributed by atoms with Crippen LogP contribution in [0.4, 0.5) is 0 Å². The van der Waals surface area contributed by atoms with E-state index >= 15 is 0 Å². The molecule has 8 heteroatoms. The van der Waals surface area contributed by atoms with Gasteiger partial charge in [-0.3, -0.25) is 9.59 Å². The summed E-state index contributed by atoms with van der Waals surface area (Å²) in [6, 6.07) is 6.76. The maximum absolute atomic E-state index is 12.7. The molecule has 7 nitrogen and oxygen atoms in total. The van der Waals surface area contributed by atoms with E-state index < -0.39 is 12.0 Å². The highest BCUT2D eigenvalue weighted by molar-refractivity contribution is 8.01. The first-order chi connectivity index (χ1) is 13.8. The molecule has 1 amide bonds. The smallest absolute Gasteiger partial charge is 0.330 e. The van der Waals surface area contributed by atoms with Gasteiger partial charge in [0.1, 0.15) is 11.9 Å². The van der Waals surface area contributed by atoms with Gasteiger partial charge in [-0.15, -0.1) is 11.8 Å². The number of esters is 1. The number of aromatic nitrogens is 2. The zero-order valence-electron chi connectivity index (χ0n) is 16.7. The Kier molecular flexibility index (Phi) is 4.98. The van der Waals surface area contributed by atoms with Gasteiger partial charge in [0.15, 0.2) is 6.61 Å². The first-order valence-electron chi connectivity index (χ1n) is 9.58. The van der Waals surface area contributed by atoms with Crippen LogP contribution in [0.15, 0.2) is 30.5 Å². The van der Waals surface area contributed by atoms with Gasteiger partial charge in [0, 0.05) is 35.3 Å². The van der Waals surface area contributed by atoms with Crippen LogP contribution in [-0.4, -0.2) is 55.4 Å². The Morgan fingerprint density at radius 2 is 2.14 bits per heavy atom. The minimum Gasteiger partial charge on any atom is -0.456 e. The van der Waals surface area contributed by atoms with E-state index in [4.69, 9.17) is 4.74 Å². The van der Waals surface area contributed by atoms with Crippen molar-refractivity contribution in [2.75, 3.05) is 12.4 Å². The molecule has 152 valence electrons. The average molecular weight is 413 g/mol. The van der Waals surface area contributed by atoms with Gasteiger partial charge >= 0.3 is 5.97 Å². The first-order valence-corrected chi connectivity index (χ1v) is 10.6. The number of pyridine rings is 1. The number of thioether (sulfide) groups is 1. The van der Waals surface area contributed by atoms with Gasteiger partial charge in [-0.1, -0.05) is 6.07 Å². The maximum Gasteiger partial charge on any atom is 0.330 e. The van der Waals surface area contributed by atoms with E-state index in [9.17, 15) is 14.4 Å². The molecule has 4 heterocycles. The fourth-order valence-corrected chi connectivity index (χ4v) is 5.61. The van der Waals surface area contributed by atoms with Crippen LogP contribution in [0.2, 0.25) is 0 Å². The molecule has 2 fully saturated rings. The Balaban J connectivity index is 1.46. The van der Waals surface area contributed by atoms with Crippen molar-refractivity contribution in [1.29, 1.82) is 0 Å². The Hall–Kier alpha value is -2.61. The normalized spacial score (nSPS) is 23.3. The summed E-state index contributed by atoms with van der Waals surface area (Å²) >= 11 is 1.60. The lowest BCUT2D eigenvalue weighted by molar-refractivity contribution is -0.152. The van der Waals surface area contributed by atoms with Crippen molar-refractivity contribution in [1.82, 2.24) is 14.5 Å². The second-order valence-electron chi connectivity index (χ2n) is 7.60. The molecule has 0 spiro atoms. The number of carbonyl (C=O) groups excluding carboxylic acids is 3. The Morgan fingerprint density at radius 1 is 1.34 bits per heavy atom. The van der Waals surface area contributed by atoms with Crippen molar-refractivity contribution >= 4 is 29.4 Å². The Morgan fingerprint density at radius 3 is 2.86 bits per heavy atom. The minimum atomic E-state index is -0.617. The highest BCUT2D eigenvalue weighted by Gasteiger charge is 2.53. The van der Waals surface area contributed by atoms with Crippen molar-refractivity contribution < 1.29 is 19.1 Å². The van der Waals surface area contributed by atoms with E-state index in [-0.39, 0.29) is 23.2 Å². The molecule has 2 atom stereocenters. The summed E-state index contributed by atoms with van der Waals surface area (Å²) in [6.07, 6.45) is 2.88. The van der Waals surface area contributed by atoms with Gasteiger partial charge in [-0.2, -0.15) is 0 Å². The predicted octanol–water partition coefficient (Wildman–Crippen LogP) is 2.67. The molecule has 2 saturated heterocycles. The fraction of sp³-hybridized carbons (Fsp3) is 0.429. The van der Waals surface area contributed by atoms with Gasteiger partial charge in [-0.25, -0.2) is 9.78 Å². The highest BCUT2D eigenvalue weighted by atomic mass is 32.2. The van der Waals surface area contributed by atoms with Gasteiger partial charge in [0.05, 0.1) is 4.87 Å². The van der Waals surface area contributed by atoms with E-state index in [1.807, 2.05) is 43.5 Å². The van der Waals surface area contributed by atoms with Crippen molar-refractivity contribution in [3.8, 4) is 5.82 Å². The standard InChI is InChI=1S/C21H23N3O4S/c1-13-10-15(14(2)23(13)18-6-4-5-9-22-18)17(25)11-28-20(27)16-12-29-21(3)8-7-19(26)24(16)21/h4-6,9-10,16H,7-8,11-12H2,1-3H3/t16-,21-/m0/s1. The summed E-state index contributed by atoms with van der Waals surface area (Å²) in [5, 5.41) is 0. The molecule has 0 saturated carbocycles. The monoisotopic (exact) mass is 413 g/mol. The quantitative estimate of drug-likeness (QED) is 0.554. The third-order valence-electron chi connectivity index (χ3n) is 5.67. The SMILES string of the molecule is Cc1cc(C(=O)COC(=O)[C@@H]2CS[C@@]3(C)CCC(=O)N23)c(C)n1-c1ccccn1. The van der Waals surface area contributed by atoms with Crippen molar-refractivity contribution in [3.05, 3.63) is 47.4 Å². The van der Waals surface area contributed by atoms with Crippen LogP contribution in [0.25, 0.3) is 5.82 Å². The fourth-order valence-electron chi connectivity index (χ4n) is 4.19. The van der Waals surface area contributed by atoms with E-state index in [2.05, 4.69) is 4.98 Å². The lowest BCUT2D eigenvalue weighted by atomic mass is 10.1. The Labute approximate surface area is 173 Å². The van der Waals surface area contributed by atoms with Gasteiger partial charge in [0.2, 0.25) is 11.7 Å². The molecule has 0 unspecified atom stereocenters. The van der Waals surface area contributed by atoms with Crippen LogP contribution >= 0.6 is 11.8 Å². The number of Topliss-reactive ketones (excluding diaryl/α,β-unsaturated/α-hetero) is 1. The van der Waals surface area contributed by atoms with E-state index in [0.29, 0.717) is 17.7 Å². The number of rotatable bonds is 5. The number of fused-ring (bicyclic) bond motifs is 1. The zero-order chi connectivity index (χ0) is 20.8. The Bertz CT molecular complexity index is 987. The third kappa shape index (κ3) is 3.35. The van der Waals surface area contributed by atoms with Crippen LogP contribution in [0.1, 0.15) is 41.5 Å². The van der Waals surface area contributed by atoms with Crippen molar-refractivity contribution in [3.63, 3.8) is 0 Å². The predicted molar refractivity (Wildman–Crippen MR) is 109 cm³/mol. The molecule has 2 aromatic heterocycles. The third-order valence-corrected chi connectivity index (χ3v) is 7.18. The number of nitrogens with zero attached hydrogens (tertiary/aromatic N) is 3. The number of ketones is 1. The molecule has 2 aromatic rings. The molecule has 0 aromatic carbocycles. The van der Waals surface area contributed by atoms with Crippen LogP contribution in [0.3, 0.4) is 0 Å². The van der Waals surface area contributed by atoms with Crippen LogP contribution in [0.5, 0.6) is 0 Å². The molecule has 2 aliphatic rings. The van der Waals surface area contributed by atoms with Gasteiger partial charge in [0.25, 0.3) is 0 Å². The summed E-state index contributed by atoms with van der Waals surface area (Å²) in [5.74, 6) is 0.430. The summed E-state index contributed by atoms with van der Waals surface area (Å²) in [6.45, 7) is 5.39.